The van der Waals surface area contributed by atoms with Gasteiger partial charge in [-0.3, -0.25) is 0 Å². The molecular formula is C19H32O8. The Kier molecular flexibility index (Phi) is 7.21. The first-order chi connectivity index (χ1) is 12.5. The van der Waals surface area contributed by atoms with Crippen molar-refractivity contribution in [1.29, 1.82) is 0 Å². The number of hydrogen-bond donors (Lipinski definition) is 6. The van der Waals surface area contributed by atoms with Crippen molar-refractivity contribution in [2.45, 2.75) is 83.1 Å². The molecule has 0 aromatic carbocycles. The predicted molar refractivity (Wildman–Crippen MR) is 96.6 cm³/mol. The Morgan fingerprint density at radius 1 is 1.15 bits per heavy atom. The Morgan fingerprint density at radius 2 is 1.78 bits per heavy atom. The molecule has 0 amide bonds. The van der Waals surface area contributed by atoms with Gasteiger partial charge < -0.3 is 40.1 Å². The van der Waals surface area contributed by atoms with E-state index in [4.69, 9.17) is 9.47 Å². The van der Waals surface area contributed by atoms with Crippen molar-refractivity contribution in [1.82, 2.24) is 0 Å². The average Bonchev–Trinajstić information content (AvgIpc) is 2.59. The molecule has 6 N–H and O–H groups in total. The van der Waals surface area contributed by atoms with E-state index in [-0.39, 0.29) is 5.41 Å². The van der Waals surface area contributed by atoms with E-state index in [1.807, 2.05) is 19.9 Å². The highest BCUT2D eigenvalue weighted by atomic mass is 16.7. The molecule has 2 rings (SSSR count). The zero-order valence-corrected chi connectivity index (χ0v) is 16.2. The van der Waals surface area contributed by atoms with E-state index in [0.717, 1.165) is 5.57 Å². The lowest BCUT2D eigenvalue weighted by atomic mass is 9.70. The molecule has 27 heavy (non-hydrogen) atoms. The molecule has 1 aliphatic heterocycles. The summed E-state index contributed by atoms with van der Waals surface area (Å²) in [6.45, 7) is 6.94. The molecule has 156 valence electrons. The van der Waals surface area contributed by atoms with Crippen LogP contribution in [-0.2, 0) is 9.47 Å². The molecule has 0 unspecified atom stereocenters. The fraction of sp³-hybridized carbons (Fsp3) is 0.789. The SMILES string of the molecule is CC1=C(/C=C/[C@H](C)O[C@@H]2O[C@H](CO)[C@@H](O)[C@H](O)[C@H]2O)C(C)(C)C[C@H](O)[C@@H]1O. The molecule has 0 bridgehead atoms. The van der Waals surface area contributed by atoms with Crippen LogP contribution in [0.3, 0.4) is 0 Å². The van der Waals surface area contributed by atoms with Crippen LogP contribution in [0.25, 0.3) is 0 Å². The van der Waals surface area contributed by atoms with E-state index in [1.54, 1.807) is 19.9 Å². The van der Waals surface area contributed by atoms with E-state index in [1.165, 1.54) is 0 Å². The summed E-state index contributed by atoms with van der Waals surface area (Å²) in [5.74, 6) is 0. The first-order valence-electron chi connectivity index (χ1n) is 9.21. The van der Waals surface area contributed by atoms with Gasteiger partial charge in [0.15, 0.2) is 6.29 Å². The molecule has 8 nitrogen and oxygen atoms in total. The van der Waals surface area contributed by atoms with Crippen molar-refractivity contribution >= 4 is 0 Å². The van der Waals surface area contributed by atoms with Crippen molar-refractivity contribution in [3.63, 3.8) is 0 Å². The van der Waals surface area contributed by atoms with Crippen molar-refractivity contribution in [2.75, 3.05) is 6.61 Å². The van der Waals surface area contributed by atoms with Crippen LogP contribution < -0.4 is 0 Å². The minimum Gasteiger partial charge on any atom is -0.394 e. The molecule has 1 heterocycles. The summed E-state index contributed by atoms with van der Waals surface area (Å²) >= 11 is 0. The average molecular weight is 388 g/mol. The Hall–Kier alpha value is -0.840. The number of aliphatic hydroxyl groups is 6. The quantitative estimate of drug-likeness (QED) is 0.360. The van der Waals surface area contributed by atoms with Gasteiger partial charge in [-0.1, -0.05) is 26.0 Å². The lowest BCUT2D eigenvalue weighted by Crippen LogP contribution is -2.59. The minimum atomic E-state index is -1.49. The van der Waals surface area contributed by atoms with Crippen molar-refractivity contribution < 1.29 is 40.1 Å². The van der Waals surface area contributed by atoms with Gasteiger partial charge in [-0.2, -0.15) is 0 Å². The smallest absolute Gasteiger partial charge is 0.187 e. The van der Waals surface area contributed by atoms with Gasteiger partial charge in [-0.25, -0.2) is 0 Å². The van der Waals surface area contributed by atoms with Crippen molar-refractivity contribution in [3.8, 4) is 0 Å². The Labute approximate surface area is 159 Å². The molecule has 0 spiro atoms. The molecular weight excluding hydrogens is 356 g/mol. The van der Waals surface area contributed by atoms with Gasteiger partial charge in [0.1, 0.15) is 30.5 Å². The fourth-order valence-electron chi connectivity index (χ4n) is 3.75. The standard InChI is InChI=1S/C19H32O8/c1-9(26-18-17(25)16(24)15(23)13(8-20)27-18)5-6-11-10(2)14(22)12(21)7-19(11,3)4/h5-6,9,12-18,20-25H,7-8H2,1-4H3/b6-5+/t9-,12-,13+,14+,15+,16-,17+,18+/m0/s1. The van der Waals surface area contributed by atoms with Crippen LogP contribution in [0.2, 0.25) is 0 Å². The van der Waals surface area contributed by atoms with Crippen molar-refractivity contribution in [3.05, 3.63) is 23.3 Å². The van der Waals surface area contributed by atoms with Crippen LogP contribution in [0.5, 0.6) is 0 Å². The summed E-state index contributed by atoms with van der Waals surface area (Å²) in [6.07, 6.45) is -4.88. The zero-order chi connectivity index (χ0) is 20.5. The van der Waals surface area contributed by atoms with E-state index in [0.29, 0.717) is 12.0 Å². The maximum Gasteiger partial charge on any atom is 0.187 e. The third-order valence-corrected chi connectivity index (χ3v) is 5.41. The minimum absolute atomic E-state index is 0.331. The van der Waals surface area contributed by atoms with Crippen molar-refractivity contribution in [2.24, 2.45) is 5.41 Å². The third-order valence-electron chi connectivity index (χ3n) is 5.41. The summed E-state index contributed by atoms with van der Waals surface area (Å²) in [4.78, 5) is 0. The Morgan fingerprint density at radius 3 is 2.37 bits per heavy atom. The lowest BCUT2D eigenvalue weighted by molar-refractivity contribution is -0.306. The van der Waals surface area contributed by atoms with Gasteiger partial charge >= 0.3 is 0 Å². The van der Waals surface area contributed by atoms with Crippen LogP contribution >= 0.6 is 0 Å². The second kappa shape index (κ2) is 8.67. The Bertz CT molecular complexity index is 570. The summed E-state index contributed by atoms with van der Waals surface area (Å²) in [7, 11) is 0. The first-order valence-corrected chi connectivity index (χ1v) is 9.21. The van der Waals surface area contributed by atoms with Crippen LogP contribution in [0.15, 0.2) is 23.3 Å². The van der Waals surface area contributed by atoms with Gasteiger partial charge in [-0.05, 0) is 36.8 Å². The predicted octanol–water partition coefficient (Wildman–Crippen LogP) is -0.784. The largest absolute Gasteiger partial charge is 0.394 e. The second-order valence-electron chi connectivity index (χ2n) is 8.09. The number of allylic oxidation sites excluding steroid dienone is 2. The van der Waals surface area contributed by atoms with Gasteiger partial charge in [0.2, 0.25) is 0 Å². The highest BCUT2D eigenvalue weighted by molar-refractivity contribution is 5.36. The molecule has 1 saturated heterocycles. The highest BCUT2D eigenvalue weighted by Crippen LogP contribution is 2.41. The van der Waals surface area contributed by atoms with E-state index in [9.17, 15) is 30.6 Å². The lowest BCUT2D eigenvalue weighted by Gasteiger charge is -2.40. The van der Waals surface area contributed by atoms with Gasteiger partial charge in [-0.15, -0.1) is 0 Å². The normalized spacial score (nSPS) is 41.2. The van der Waals surface area contributed by atoms with Gasteiger partial charge in [0.25, 0.3) is 0 Å². The second-order valence-corrected chi connectivity index (χ2v) is 8.09. The summed E-state index contributed by atoms with van der Waals surface area (Å²) in [5, 5.41) is 59.0. The maximum atomic E-state index is 10.1. The maximum absolute atomic E-state index is 10.1. The molecule has 0 saturated carbocycles. The van der Waals surface area contributed by atoms with E-state index < -0.39 is 55.6 Å². The van der Waals surface area contributed by atoms with E-state index in [2.05, 4.69) is 0 Å². The molecule has 0 aromatic rings. The first kappa shape index (κ1) is 22.4. The molecule has 8 heteroatoms. The zero-order valence-electron chi connectivity index (χ0n) is 16.2. The fourth-order valence-corrected chi connectivity index (χ4v) is 3.75. The van der Waals surface area contributed by atoms with Crippen LogP contribution in [0.4, 0.5) is 0 Å². The van der Waals surface area contributed by atoms with Gasteiger partial charge in [0.05, 0.1) is 18.8 Å². The summed E-state index contributed by atoms with van der Waals surface area (Å²) < 4.78 is 11.0. The van der Waals surface area contributed by atoms with E-state index >= 15 is 0 Å². The Balaban J connectivity index is 2.09. The molecule has 1 aliphatic carbocycles. The summed E-state index contributed by atoms with van der Waals surface area (Å²) in [5.41, 5.74) is 1.25. The van der Waals surface area contributed by atoms with Crippen LogP contribution in [-0.4, -0.2) is 86.3 Å². The molecule has 1 fully saturated rings. The number of hydrogen-bond acceptors (Lipinski definition) is 8. The number of rotatable bonds is 5. The number of ether oxygens (including phenoxy) is 2. The topological polar surface area (TPSA) is 140 Å². The molecule has 0 radical (unpaired) electrons. The monoisotopic (exact) mass is 388 g/mol. The molecule has 2 aliphatic rings. The molecule has 8 atom stereocenters. The highest BCUT2D eigenvalue weighted by Gasteiger charge is 2.44. The molecule has 0 aromatic heterocycles. The number of aliphatic hydroxyl groups excluding tert-OH is 6. The van der Waals surface area contributed by atoms with Gasteiger partial charge in [0, 0.05) is 0 Å². The van der Waals surface area contributed by atoms with Crippen LogP contribution in [0.1, 0.15) is 34.1 Å². The third kappa shape index (κ3) is 4.78. The summed E-state index contributed by atoms with van der Waals surface area (Å²) in [6, 6.07) is 0. The van der Waals surface area contributed by atoms with Crippen LogP contribution in [0, 0.1) is 5.41 Å².